The second-order valence-electron chi connectivity index (χ2n) is 6.15. The van der Waals surface area contributed by atoms with Gasteiger partial charge in [0, 0.05) is 0 Å². The molecular formula is C19H17Cl2NZr. The van der Waals surface area contributed by atoms with Gasteiger partial charge < -0.3 is 0 Å². The van der Waals surface area contributed by atoms with E-state index in [1.54, 1.807) is 0 Å². The molecule has 3 aromatic rings. The molecule has 116 valence electrons. The van der Waals surface area contributed by atoms with Crippen LogP contribution < -0.4 is 3.27 Å². The molecule has 2 aromatic carbocycles. The van der Waals surface area contributed by atoms with Crippen molar-refractivity contribution in [1.82, 2.24) is 4.98 Å². The van der Waals surface area contributed by atoms with Crippen LogP contribution in [0.25, 0.3) is 17.0 Å². The van der Waals surface area contributed by atoms with E-state index in [1.165, 1.54) is 11.1 Å². The van der Waals surface area contributed by atoms with Gasteiger partial charge in [-0.3, -0.25) is 0 Å². The first kappa shape index (κ1) is 15.6. The van der Waals surface area contributed by atoms with Crippen LogP contribution in [0.5, 0.6) is 0 Å². The standard InChI is InChI=1S/C9H7.C8H6N.C2H4.2ClH.Zr/c1-2-5-9-7-3-6-8(9)4-1;1-2-4-8-7(3-1)5-6-9-8;1-2;;;/h1-7H;1-4,6,9H;1H,2H3;2*1H;/q;;;;;+2/p-2. The molecule has 0 amide bonds. The summed E-state index contributed by atoms with van der Waals surface area (Å²) < 4.78 is 3.27. The van der Waals surface area contributed by atoms with Crippen molar-refractivity contribution in [2.24, 2.45) is 0 Å². The molecule has 4 rings (SSSR count). The fourth-order valence-corrected chi connectivity index (χ4v) is 16.1. The third-order valence-corrected chi connectivity index (χ3v) is 23.0. The average Bonchev–Trinajstić information content (AvgIpc) is 3.20. The van der Waals surface area contributed by atoms with E-state index in [0.717, 1.165) is 14.2 Å². The Balaban J connectivity index is 2.02. The summed E-state index contributed by atoms with van der Waals surface area (Å²) >= 11 is -4.40. The number of para-hydroxylation sites is 1. The van der Waals surface area contributed by atoms with Crippen molar-refractivity contribution in [3.8, 4) is 0 Å². The summed E-state index contributed by atoms with van der Waals surface area (Å²) in [6.07, 6.45) is 6.36. The third-order valence-electron chi connectivity index (χ3n) is 5.00. The number of allylic oxidation sites excluding steroid dienone is 1. The topological polar surface area (TPSA) is 15.8 Å². The molecule has 1 aliphatic carbocycles. The number of benzene rings is 2. The molecule has 0 saturated carbocycles. The van der Waals surface area contributed by atoms with Crippen LogP contribution >= 0.6 is 17.0 Å². The number of nitrogens with one attached hydrogen (secondary N) is 1. The second-order valence-corrected chi connectivity index (χ2v) is 26.9. The maximum absolute atomic E-state index is 7.41. The number of hydrogen-bond acceptors (Lipinski definition) is 0. The fourth-order valence-electron chi connectivity index (χ4n) is 3.68. The second kappa shape index (κ2) is 5.28. The first-order valence-electron chi connectivity index (χ1n) is 7.76. The van der Waals surface area contributed by atoms with E-state index >= 15 is 0 Å². The van der Waals surface area contributed by atoms with Gasteiger partial charge in [-0.05, 0) is 0 Å². The Kier molecular flexibility index (Phi) is 3.57. The number of H-pyrrole nitrogens is 1. The van der Waals surface area contributed by atoms with Crippen LogP contribution in [-0.2, 0) is 15.9 Å². The Morgan fingerprint density at radius 1 is 1.04 bits per heavy atom. The van der Waals surface area contributed by atoms with Crippen molar-refractivity contribution in [3.63, 3.8) is 0 Å². The van der Waals surface area contributed by atoms with Crippen LogP contribution in [0.15, 0.2) is 60.8 Å². The van der Waals surface area contributed by atoms with Gasteiger partial charge in [-0.2, -0.15) is 0 Å². The van der Waals surface area contributed by atoms with E-state index in [-0.39, 0.29) is 3.63 Å². The molecule has 0 saturated heterocycles. The zero-order chi connectivity index (χ0) is 16.1. The summed E-state index contributed by atoms with van der Waals surface area (Å²) in [6.45, 7) is 2.02. The van der Waals surface area contributed by atoms with Gasteiger partial charge in [0.05, 0.1) is 0 Å². The minimum atomic E-state index is -4.40. The summed E-state index contributed by atoms with van der Waals surface area (Å²) in [5, 5.41) is 1.14. The number of fused-ring (bicyclic) bond motifs is 2. The predicted octanol–water partition coefficient (Wildman–Crippen LogP) is 5.38. The average molecular weight is 421 g/mol. The minimum absolute atomic E-state index is 0.0696. The van der Waals surface area contributed by atoms with Crippen LogP contribution in [0.1, 0.15) is 21.7 Å². The molecule has 0 aliphatic heterocycles. The van der Waals surface area contributed by atoms with Crippen molar-refractivity contribution in [1.29, 1.82) is 0 Å². The van der Waals surface area contributed by atoms with Crippen molar-refractivity contribution >= 4 is 41.0 Å². The molecule has 1 heterocycles. The van der Waals surface area contributed by atoms with Gasteiger partial charge in [0.2, 0.25) is 0 Å². The van der Waals surface area contributed by atoms with E-state index in [1.807, 2.05) is 25.3 Å². The molecule has 1 atom stereocenters. The van der Waals surface area contributed by atoms with Gasteiger partial charge in [0.25, 0.3) is 0 Å². The van der Waals surface area contributed by atoms with Crippen molar-refractivity contribution < 1.29 is 15.9 Å². The molecule has 1 aromatic heterocycles. The molecule has 0 fully saturated rings. The summed E-state index contributed by atoms with van der Waals surface area (Å²) in [4.78, 5) is 3.34. The van der Waals surface area contributed by atoms with Gasteiger partial charge in [-0.15, -0.1) is 0 Å². The molecule has 0 bridgehead atoms. The zero-order valence-corrected chi connectivity index (χ0v) is 16.7. The molecular weight excluding hydrogens is 404 g/mol. The summed E-state index contributed by atoms with van der Waals surface area (Å²) in [5.74, 6) is 0. The molecule has 0 radical (unpaired) electrons. The van der Waals surface area contributed by atoms with Gasteiger partial charge in [-0.1, -0.05) is 0 Å². The third kappa shape index (κ3) is 2.19. The SMILES string of the molecule is C[CH]=[Zr]([Cl])([Cl])([c]1c[nH]c2ccccc12)[CH]1C=Cc2ccccc21. The summed E-state index contributed by atoms with van der Waals surface area (Å²) in [7, 11) is 14.8. The number of aromatic amines is 1. The number of hydrogen-bond donors (Lipinski definition) is 1. The Bertz CT molecular complexity index is 1010. The maximum atomic E-state index is 7.41. The van der Waals surface area contributed by atoms with Gasteiger partial charge in [0.15, 0.2) is 0 Å². The summed E-state index contributed by atoms with van der Waals surface area (Å²) in [6, 6.07) is 16.6. The molecule has 0 spiro atoms. The number of aromatic nitrogens is 1. The summed E-state index contributed by atoms with van der Waals surface area (Å²) in [5.41, 5.74) is 3.55. The van der Waals surface area contributed by atoms with Crippen LogP contribution in [0.3, 0.4) is 0 Å². The fraction of sp³-hybridized carbons (Fsp3) is 0.105. The van der Waals surface area contributed by atoms with Crippen LogP contribution in [0, 0.1) is 0 Å². The van der Waals surface area contributed by atoms with Crippen LogP contribution in [-0.4, -0.2) is 8.69 Å². The van der Waals surface area contributed by atoms with Crippen LogP contribution in [0.4, 0.5) is 0 Å². The van der Waals surface area contributed by atoms with Crippen molar-refractivity contribution in [3.05, 3.63) is 71.9 Å². The number of halogens is 2. The van der Waals surface area contributed by atoms with E-state index < -0.39 is 15.9 Å². The Morgan fingerprint density at radius 2 is 1.78 bits per heavy atom. The molecule has 4 heteroatoms. The van der Waals surface area contributed by atoms with Crippen molar-refractivity contribution in [2.75, 3.05) is 0 Å². The monoisotopic (exact) mass is 419 g/mol. The molecule has 1 unspecified atom stereocenters. The Morgan fingerprint density at radius 3 is 2.61 bits per heavy atom. The molecule has 23 heavy (non-hydrogen) atoms. The first-order chi connectivity index (χ1) is 11.0. The zero-order valence-electron chi connectivity index (χ0n) is 12.8. The number of rotatable bonds is 2. The van der Waals surface area contributed by atoms with E-state index in [4.69, 9.17) is 17.0 Å². The van der Waals surface area contributed by atoms with Gasteiger partial charge >= 0.3 is 144 Å². The van der Waals surface area contributed by atoms with Crippen molar-refractivity contribution in [2.45, 2.75) is 10.5 Å². The van der Waals surface area contributed by atoms with Gasteiger partial charge in [-0.25, -0.2) is 0 Å². The first-order valence-corrected chi connectivity index (χ1v) is 18.2. The van der Waals surface area contributed by atoms with Gasteiger partial charge in [0.1, 0.15) is 0 Å². The van der Waals surface area contributed by atoms with E-state index in [0.29, 0.717) is 0 Å². The normalized spacial score (nSPS) is 17.5. The molecule has 1 aliphatic rings. The van der Waals surface area contributed by atoms with E-state index in [2.05, 4.69) is 57.2 Å². The predicted molar refractivity (Wildman–Crippen MR) is 99.6 cm³/mol. The Labute approximate surface area is 143 Å². The molecule has 1 N–H and O–H groups in total. The quantitative estimate of drug-likeness (QED) is 0.572. The van der Waals surface area contributed by atoms with E-state index in [9.17, 15) is 0 Å². The van der Waals surface area contributed by atoms with Crippen LogP contribution in [0.2, 0.25) is 0 Å². The molecule has 1 nitrogen and oxygen atoms in total. The Hall–Kier alpha value is -0.947.